The lowest BCUT2D eigenvalue weighted by Crippen LogP contribution is -2.32. The molecule has 2 aromatic rings. The average molecular weight is 376 g/mol. The summed E-state index contributed by atoms with van der Waals surface area (Å²) >= 11 is 6.51. The number of hydrogen-bond donors (Lipinski definition) is 0. The number of nitrogens with zero attached hydrogens (tertiary/aromatic N) is 3. The molecular weight excluding hydrogens is 346 g/mol. The second-order valence-corrected chi connectivity index (χ2v) is 6.83. The predicted molar refractivity (Wildman–Crippen MR) is 111 cm³/mol. The van der Waals surface area contributed by atoms with E-state index in [4.69, 9.17) is 26.3 Å². The van der Waals surface area contributed by atoms with Crippen LogP contribution in [-0.2, 0) is 12.8 Å². The van der Waals surface area contributed by atoms with E-state index in [9.17, 15) is 0 Å². The largest absolute Gasteiger partial charge is 0.497 e. The van der Waals surface area contributed by atoms with E-state index >= 15 is 0 Å². The molecule has 0 fully saturated rings. The minimum absolute atomic E-state index is 0.467. The molecule has 0 aliphatic rings. The van der Waals surface area contributed by atoms with Gasteiger partial charge in [-0.3, -0.25) is 0 Å². The van der Waals surface area contributed by atoms with Gasteiger partial charge < -0.3 is 9.64 Å². The van der Waals surface area contributed by atoms with E-state index in [2.05, 4.69) is 39.6 Å². The van der Waals surface area contributed by atoms with Crippen molar-refractivity contribution in [2.45, 2.75) is 59.4 Å². The van der Waals surface area contributed by atoms with Crippen molar-refractivity contribution >= 4 is 17.4 Å². The number of rotatable bonds is 8. The van der Waals surface area contributed by atoms with Gasteiger partial charge in [0, 0.05) is 18.7 Å². The molecule has 4 nitrogen and oxygen atoms in total. The van der Waals surface area contributed by atoms with Crippen LogP contribution in [0.5, 0.6) is 5.75 Å². The van der Waals surface area contributed by atoms with Crippen LogP contribution in [0.4, 0.5) is 5.82 Å². The molecule has 26 heavy (non-hydrogen) atoms. The molecule has 0 saturated carbocycles. The molecule has 0 N–H and O–H groups in total. The molecule has 0 unspecified atom stereocenters. The van der Waals surface area contributed by atoms with Gasteiger partial charge in [-0.25, -0.2) is 9.97 Å². The van der Waals surface area contributed by atoms with Crippen molar-refractivity contribution in [3.63, 3.8) is 0 Å². The Kier molecular flexibility index (Phi) is 7.27. The molecule has 5 heteroatoms. The summed E-state index contributed by atoms with van der Waals surface area (Å²) in [7, 11) is 3.76. The Hall–Kier alpha value is -1.81. The summed E-state index contributed by atoms with van der Waals surface area (Å²) in [6.45, 7) is 8.67. The van der Waals surface area contributed by atoms with Crippen molar-refractivity contribution in [2.24, 2.45) is 0 Å². The zero-order valence-corrected chi connectivity index (χ0v) is 17.5. The molecular formula is C21H30ClN3O. The van der Waals surface area contributed by atoms with Crippen LogP contribution in [0.2, 0.25) is 5.02 Å². The molecule has 0 aliphatic heterocycles. The van der Waals surface area contributed by atoms with E-state index in [0.29, 0.717) is 11.1 Å². The Morgan fingerprint density at radius 1 is 1.04 bits per heavy atom. The van der Waals surface area contributed by atoms with Crippen molar-refractivity contribution in [2.75, 3.05) is 19.1 Å². The van der Waals surface area contributed by atoms with E-state index < -0.39 is 0 Å². The molecule has 0 atom stereocenters. The summed E-state index contributed by atoms with van der Waals surface area (Å²) in [6.07, 6.45) is 3.81. The summed E-state index contributed by atoms with van der Waals surface area (Å²) in [5.74, 6) is 1.73. The molecule has 0 amide bonds. The zero-order chi connectivity index (χ0) is 19.3. The number of methoxy groups -OCH3 is 1. The topological polar surface area (TPSA) is 38.2 Å². The number of aromatic nitrogens is 2. The Bertz CT molecular complexity index is 744. The first kappa shape index (κ1) is 20.5. The maximum atomic E-state index is 6.51. The molecule has 0 bridgehead atoms. The van der Waals surface area contributed by atoms with Gasteiger partial charge in [0.2, 0.25) is 0 Å². The van der Waals surface area contributed by atoms with E-state index in [1.54, 1.807) is 7.11 Å². The highest BCUT2D eigenvalue weighted by molar-refractivity contribution is 6.33. The molecule has 0 aliphatic carbocycles. The fourth-order valence-electron chi connectivity index (χ4n) is 3.30. The number of hydrogen-bond acceptors (Lipinski definition) is 4. The van der Waals surface area contributed by atoms with Gasteiger partial charge in [-0.05, 0) is 43.9 Å². The van der Waals surface area contributed by atoms with Crippen LogP contribution in [0.25, 0.3) is 11.3 Å². The summed E-state index contributed by atoms with van der Waals surface area (Å²) in [5, 5.41) is 0.636. The van der Waals surface area contributed by atoms with Crippen LogP contribution in [0.3, 0.4) is 0 Å². The molecule has 1 heterocycles. The first-order valence-corrected chi connectivity index (χ1v) is 9.84. The lowest BCUT2D eigenvalue weighted by molar-refractivity contribution is 0.415. The summed E-state index contributed by atoms with van der Waals surface area (Å²) < 4.78 is 5.26. The highest BCUT2D eigenvalue weighted by Crippen LogP contribution is 2.34. The van der Waals surface area contributed by atoms with Crippen LogP contribution < -0.4 is 9.64 Å². The zero-order valence-electron chi connectivity index (χ0n) is 16.8. The molecule has 1 aromatic carbocycles. The van der Waals surface area contributed by atoms with Crippen molar-refractivity contribution in [3.8, 4) is 17.0 Å². The third kappa shape index (κ3) is 4.12. The first-order valence-electron chi connectivity index (χ1n) is 9.46. The Labute approximate surface area is 162 Å². The van der Waals surface area contributed by atoms with Crippen LogP contribution in [-0.4, -0.2) is 30.2 Å². The van der Waals surface area contributed by atoms with Crippen LogP contribution in [0, 0.1) is 0 Å². The average Bonchev–Trinajstić information content (AvgIpc) is 2.67. The summed E-state index contributed by atoms with van der Waals surface area (Å²) in [6, 6.07) is 6.18. The maximum absolute atomic E-state index is 6.51. The predicted octanol–water partition coefficient (Wildman–Crippen LogP) is 5.56. The Morgan fingerprint density at radius 3 is 2.19 bits per heavy atom. The Balaban J connectivity index is 2.59. The van der Waals surface area contributed by atoms with Gasteiger partial charge in [-0.15, -0.1) is 0 Å². The van der Waals surface area contributed by atoms with Gasteiger partial charge in [-0.2, -0.15) is 0 Å². The quantitative estimate of drug-likeness (QED) is 0.605. The number of anilines is 1. The van der Waals surface area contributed by atoms with E-state index in [-0.39, 0.29) is 0 Å². The first-order chi connectivity index (χ1) is 12.5. The molecule has 0 radical (unpaired) electrons. The van der Waals surface area contributed by atoms with Gasteiger partial charge in [0.15, 0.2) is 5.82 Å². The van der Waals surface area contributed by atoms with Gasteiger partial charge in [0.25, 0.3) is 0 Å². The van der Waals surface area contributed by atoms with Crippen LogP contribution in [0.1, 0.15) is 51.9 Å². The minimum atomic E-state index is 0.467. The van der Waals surface area contributed by atoms with Gasteiger partial charge in [0.05, 0.1) is 29.2 Å². The molecule has 0 spiro atoms. The van der Waals surface area contributed by atoms with Crippen molar-refractivity contribution < 1.29 is 4.74 Å². The number of ether oxygens (including phenoxy) is 1. The molecule has 142 valence electrons. The number of benzene rings is 1. The summed E-state index contributed by atoms with van der Waals surface area (Å²) in [4.78, 5) is 12.3. The minimum Gasteiger partial charge on any atom is -0.497 e. The number of aryl methyl sites for hydroxylation is 2. The van der Waals surface area contributed by atoms with Crippen molar-refractivity contribution in [3.05, 3.63) is 34.6 Å². The van der Waals surface area contributed by atoms with Gasteiger partial charge in [0.1, 0.15) is 5.75 Å². The standard InChI is InChI=1S/C21H30ClN3O/c1-7-14(8-2)25(5)21-19(10-4)23-20(18(9-3)24-21)16-12-11-15(26-6)13-17(16)22/h11-14H,7-10H2,1-6H3. The second kappa shape index (κ2) is 9.22. The smallest absolute Gasteiger partial charge is 0.150 e. The van der Waals surface area contributed by atoms with E-state index in [1.807, 2.05) is 18.2 Å². The fourth-order valence-corrected chi connectivity index (χ4v) is 3.56. The molecule has 0 saturated heterocycles. The third-order valence-corrected chi connectivity index (χ3v) is 5.26. The highest BCUT2D eigenvalue weighted by atomic mass is 35.5. The molecule has 1 aromatic heterocycles. The van der Waals surface area contributed by atoms with E-state index in [1.165, 1.54) is 0 Å². The SMILES string of the molecule is CCc1nc(N(C)C(CC)CC)c(CC)nc1-c1ccc(OC)cc1Cl. The highest BCUT2D eigenvalue weighted by Gasteiger charge is 2.21. The Morgan fingerprint density at radius 2 is 1.69 bits per heavy atom. The third-order valence-electron chi connectivity index (χ3n) is 4.94. The maximum Gasteiger partial charge on any atom is 0.150 e. The second-order valence-electron chi connectivity index (χ2n) is 6.42. The van der Waals surface area contributed by atoms with Crippen LogP contribution in [0.15, 0.2) is 18.2 Å². The number of halogens is 1. The van der Waals surface area contributed by atoms with Crippen LogP contribution >= 0.6 is 11.6 Å². The van der Waals surface area contributed by atoms with E-state index in [0.717, 1.165) is 59.9 Å². The van der Waals surface area contributed by atoms with Gasteiger partial charge >= 0.3 is 0 Å². The van der Waals surface area contributed by atoms with Crippen molar-refractivity contribution in [1.29, 1.82) is 0 Å². The lowest BCUT2D eigenvalue weighted by Gasteiger charge is -2.29. The van der Waals surface area contributed by atoms with Crippen molar-refractivity contribution in [1.82, 2.24) is 9.97 Å². The molecule has 2 rings (SSSR count). The monoisotopic (exact) mass is 375 g/mol. The lowest BCUT2D eigenvalue weighted by atomic mass is 10.1. The normalized spacial score (nSPS) is 11.1. The summed E-state index contributed by atoms with van der Waals surface area (Å²) in [5.41, 5.74) is 3.77. The fraction of sp³-hybridized carbons (Fsp3) is 0.524. The van der Waals surface area contributed by atoms with Gasteiger partial charge in [-0.1, -0.05) is 39.3 Å².